The molecule has 0 saturated carbocycles. The smallest absolute Gasteiger partial charge is 0.229 e. The molecule has 4 rings (SSSR count). The maximum atomic E-state index is 12.7. The Morgan fingerprint density at radius 1 is 1.03 bits per heavy atom. The molecule has 1 aliphatic heterocycles. The maximum absolute atomic E-state index is 12.7. The van der Waals surface area contributed by atoms with Gasteiger partial charge in [-0.15, -0.1) is 0 Å². The van der Waals surface area contributed by atoms with Crippen LogP contribution in [0.5, 0.6) is 5.75 Å². The Bertz CT molecular complexity index is 1180. The van der Waals surface area contributed by atoms with Crippen LogP contribution in [-0.4, -0.2) is 43.5 Å². The minimum Gasteiger partial charge on any atom is -0.494 e. The second kappa shape index (κ2) is 11.1. The number of ether oxygens (including phenoxy) is 1. The molecule has 0 radical (unpaired) electrons. The molecule has 2 heterocycles. The highest BCUT2D eigenvalue weighted by Gasteiger charge is 2.18. The van der Waals surface area contributed by atoms with E-state index in [0.717, 1.165) is 35.5 Å². The van der Waals surface area contributed by atoms with E-state index < -0.39 is 7.14 Å². The van der Waals surface area contributed by atoms with Crippen molar-refractivity contribution in [1.82, 2.24) is 9.97 Å². The molecule has 0 unspecified atom stereocenters. The highest BCUT2D eigenvalue weighted by atomic mass is 35.5. The first-order valence-corrected chi connectivity index (χ1v) is 14.0. The number of piperidine rings is 1. The monoisotopic (exact) mass is 501 g/mol. The van der Waals surface area contributed by atoms with Crippen LogP contribution in [0.3, 0.4) is 0 Å². The second-order valence-electron chi connectivity index (χ2n) is 8.44. The van der Waals surface area contributed by atoms with Gasteiger partial charge in [0.2, 0.25) is 5.95 Å². The van der Waals surface area contributed by atoms with E-state index in [-0.39, 0.29) is 7.43 Å². The number of hydrogen-bond donors (Lipinski definition) is 2. The third kappa shape index (κ3) is 6.02. The lowest BCUT2D eigenvalue weighted by atomic mass is 10.1. The van der Waals surface area contributed by atoms with Gasteiger partial charge in [0.1, 0.15) is 17.9 Å². The van der Waals surface area contributed by atoms with Gasteiger partial charge < -0.3 is 24.8 Å². The van der Waals surface area contributed by atoms with Crippen LogP contribution in [0.1, 0.15) is 26.7 Å². The van der Waals surface area contributed by atoms with E-state index in [9.17, 15) is 4.57 Å². The molecule has 0 aliphatic carbocycles. The summed E-state index contributed by atoms with van der Waals surface area (Å²) in [4.78, 5) is 11.3. The van der Waals surface area contributed by atoms with Gasteiger partial charge in [0, 0.05) is 30.1 Å². The van der Waals surface area contributed by atoms with Crippen LogP contribution in [0.15, 0.2) is 48.7 Å². The minimum absolute atomic E-state index is 0. The van der Waals surface area contributed by atoms with Crippen LogP contribution >= 0.6 is 18.7 Å². The minimum atomic E-state index is -2.49. The highest BCUT2D eigenvalue weighted by Crippen LogP contribution is 2.39. The van der Waals surface area contributed by atoms with Gasteiger partial charge in [0.05, 0.1) is 24.7 Å². The number of nitrogens with one attached hydrogen (secondary N) is 2. The van der Waals surface area contributed by atoms with Gasteiger partial charge in [-0.05, 0) is 56.9 Å². The van der Waals surface area contributed by atoms with E-state index in [0.29, 0.717) is 22.5 Å². The predicted molar refractivity (Wildman–Crippen MR) is 145 cm³/mol. The average Bonchev–Trinajstić information content (AvgIpc) is 2.81. The first-order valence-electron chi connectivity index (χ1n) is 11.0. The zero-order valence-electron chi connectivity index (χ0n) is 19.1. The molecule has 2 aromatic carbocycles. The zero-order chi connectivity index (χ0) is 23.4. The van der Waals surface area contributed by atoms with E-state index in [1.54, 1.807) is 20.4 Å². The molecular weight excluding hydrogens is 469 g/mol. The Hall–Kier alpha value is -2.76. The molecule has 3 aromatic rings. The van der Waals surface area contributed by atoms with Gasteiger partial charge in [-0.2, -0.15) is 4.98 Å². The lowest BCUT2D eigenvalue weighted by molar-refractivity contribution is 0.416. The summed E-state index contributed by atoms with van der Waals surface area (Å²) < 4.78 is 18.3. The van der Waals surface area contributed by atoms with Crippen molar-refractivity contribution in [2.75, 3.05) is 49.1 Å². The highest BCUT2D eigenvalue weighted by molar-refractivity contribution is 7.70. The van der Waals surface area contributed by atoms with Crippen molar-refractivity contribution in [2.24, 2.45) is 0 Å². The Kier molecular flexibility index (Phi) is 8.45. The van der Waals surface area contributed by atoms with Crippen LogP contribution < -0.4 is 25.6 Å². The first kappa shape index (κ1) is 25.9. The molecule has 0 amide bonds. The molecule has 34 heavy (non-hydrogen) atoms. The van der Waals surface area contributed by atoms with E-state index in [4.69, 9.17) is 16.3 Å². The summed E-state index contributed by atoms with van der Waals surface area (Å²) in [5.74, 6) is 1.52. The number of rotatable bonds is 7. The second-order valence-corrected chi connectivity index (χ2v) is 12.0. The van der Waals surface area contributed by atoms with Crippen LogP contribution in [0.25, 0.3) is 0 Å². The fraction of sp³-hybridized carbons (Fsp3) is 0.360. The third-order valence-electron chi connectivity index (χ3n) is 5.63. The van der Waals surface area contributed by atoms with Crippen molar-refractivity contribution < 1.29 is 9.30 Å². The number of aromatic nitrogens is 2. The fourth-order valence-electron chi connectivity index (χ4n) is 3.94. The van der Waals surface area contributed by atoms with Crippen LogP contribution in [-0.2, 0) is 4.57 Å². The van der Waals surface area contributed by atoms with Crippen molar-refractivity contribution in [3.05, 3.63) is 53.7 Å². The summed E-state index contributed by atoms with van der Waals surface area (Å²) in [5.41, 5.74) is 2.62. The van der Waals surface area contributed by atoms with Gasteiger partial charge in [-0.3, -0.25) is 0 Å². The predicted octanol–water partition coefficient (Wildman–Crippen LogP) is 6.50. The van der Waals surface area contributed by atoms with Gasteiger partial charge in [0.25, 0.3) is 0 Å². The van der Waals surface area contributed by atoms with Gasteiger partial charge in [-0.25, -0.2) is 4.98 Å². The summed E-state index contributed by atoms with van der Waals surface area (Å²) in [7, 11) is -0.833. The number of halogens is 1. The molecule has 0 atom stereocenters. The molecule has 0 bridgehead atoms. The van der Waals surface area contributed by atoms with Crippen LogP contribution in [0.4, 0.5) is 28.8 Å². The van der Waals surface area contributed by atoms with Crippen molar-refractivity contribution in [1.29, 1.82) is 0 Å². The molecule has 1 fully saturated rings. The summed E-state index contributed by atoms with van der Waals surface area (Å²) in [6.07, 6.45) is 5.25. The van der Waals surface area contributed by atoms with Gasteiger partial charge in [-0.1, -0.05) is 31.2 Å². The lowest BCUT2D eigenvalue weighted by Crippen LogP contribution is -2.29. The first-order chi connectivity index (χ1) is 15.8. The summed E-state index contributed by atoms with van der Waals surface area (Å²) in [6, 6.07) is 13.6. The van der Waals surface area contributed by atoms with Crippen molar-refractivity contribution in [3.8, 4) is 5.75 Å². The van der Waals surface area contributed by atoms with E-state index in [1.807, 2.05) is 36.4 Å². The molecular formula is C25H33ClN5O2P. The number of benzene rings is 2. The largest absolute Gasteiger partial charge is 0.494 e. The number of anilines is 5. The molecule has 182 valence electrons. The quantitative estimate of drug-likeness (QED) is 0.358. The average molecular weight is 502 g/mol. The number of para-hydroxylation sites is 1. The zero-order valence-corrected chi connectivity index (χ0v) is 20.8. The van der Waals surface area contributed by atoms with Crippen molar-refractivity contribution in [2.45, 2.75) is 26.7 Å². The third-order valence-corrected chi connectivity index (χ3v) is 7.46. The molecule has 1 saturated heterocycles. The SMILES string of the molecule is C.COc1cc(N2CCCCC2)ccc1Nc1ncc(Cl)c(Nc2ccccc2P(C)(C)=O)n1. The lowest BCUT2D eigenvalue weighted by Gasteiger charge is -2.29. The maximum Gasteiger partial charge on any atom is 0.229 e. The summed E-state index contributed by atoms with van der Waals surface area (Å²) in [5, 5.41) is 7.56. The Morgan fingerprint density at radius 3 is 2.47 bits per heavy atom. The van der Waals surface area contributed by atoms with E-state index >= 15 is 0 Å². The molecule has 7 nitrogen and oxygen atoms in total. The van der Waals surface area contributed by atoms with Crippen molar-refractivity contribution in [3.63, 3.8) is 0 Å². The summed E-state index contributed by atoms with van der Waals surface area (Å²) >= 11 is 6.37. The number of methoxy groups -OCH3 is 1. The standard InChI is InChI=1S/C24H29ClN5O2P.CH4/c1-32-21-15-17(30-13-7-4-8-14-30)11-12-19(21)28-24-26-16-18(25)23(29-24)27-20-9-5-6-10-22(20)33(2,3)31;/h5-6,9-12,15-16H,4,7-8,13-14H2,1-3H3,(H2,26,27,28,29);1H4. The normalized spacial score (nSPS) is 13.7. The topological polar surface area (TPSA) is 79.4 Å². The van der Waals surface area contributed by atoms with Crippen LogP contribution in [0.2, 0.25) is 5.02 Å². The van der Waals surface area contributed by atoms with E-state index in [1.165, 1.54) is 25.5 Å². The van der Waals surface area contributed by atoms with Crippen molar-refractivity contribution >= 4 is 52.9 Å². The Labute approximate surface area is 207 Å². The Balaban J connectivity index is 0.00000324. The molecule has 1 aromatic heterocycles. The molecule has 1 aliphatic rings. The van der Waals surface area contributed by atoms with Gasteiger partial charge in [0.15, 0.2) is 5.82 Å². The molecule has 9 heteroatoms. The van der Waals surface area contributed by atoms with Gasteiger partial charge >= 0.3 is 0 Å². The Morgan fingerprint density at radius 2 is 1.76 bits per heavy atom. The molecule has 0 spiro atoms. The summed E-state index contributed by atoms with van der Waals surface area (Å²) in [6.45, 7) is 5.61. The van der Waals surface area contributed by atoms with E-state index in [2.05, 4.69) is 31.6 Å². The molecule has 2 N–H and O–H groups in total. The van der Waals surface area contributed by atoms with Crippen LogP contribution in [0, 0.1) is 0 Å². The number of nitrogens with zero attached hydrogens (tertiary/aromatic N) is 3. The number of hydrogen-bond acceptors (Lipinski definition) is 7. The fourth-order valence-corrected chi connectivity index (χ4v) is 5.24.